The number of thioether (sulfide) groups is 4. The number of benzene rings is 4. The van der Waals surface area contributed by atoms with Gasteiger partial charge in [0.05, 0.1) is 33.7 Å². The Labute approximate surface area is 579 Å². The summed E-state index contributed by atoms with van der Waals surface area (Å²) in [5.41, 5.74) is -10.9. The molecule has 2 fully saturated rings. The van der Waals surface area contributed by atoms with Gasteiger partial charge < -0.3 is 0 Å². The normalized spacial score (nSPS) is 28.1. The van der Waals surface area contributed by atoms with Crippen molar-refractivity contribution in [2.75, 3.05) is 0 Å². The molecule has 2 saturated carbocycles. The first-order chi connectivity index (χ1) is 46.1. The van der Waals surface area contributed by atoms with Crippen LogP contribution in [-0.2, 0) is 0 Å². The van der Waals surface area contributed by atoms with Gasteiger partial charge in [0, 0.05) is 74.6 Å². The van der Waals surface area contributed by atoms with Gasteiger partial charge in [0.15, 0.2) is 0 Å². The van der Waals surface area contributed by atoms with Gasteiger partial charge in [-0.1, -0.05) is 127 Å². The fourth-order valence-corrected chi connectivity index (χ4v) is 22.3. The van der Waals surface area contributed by atoms with Crippen LogP contribution in [0.25, 0.3) is 31.4 Å². The number of allylic oxidation sites excluding steroid dienone is 12. The van der Waals surface area contributed by atoms with Crippen LogP contribution in [-0.4, -0.2) is 72.3 Å². The van der Waals surface area contributed by atoms with Crippen LogP contribution >= 0.6 is 69.7 Å². The Balaban J connectivity index is 0.857. The highest BCUT2D eigenvalue weighted by Gasteiger charge is 2.86. The summed E-state index contributed by atoms with van der Waals surface area (Å²) in [6.07, 6.45) is 4.57. The van der Waals surface area contributed by atoms with E-state index in [0.717, 1.165) is 82.7 Å². The molecule has 6 aromatic rings. The van der Waals surface area contributed by atoms with Crippen LogP contribution in [0.1, 0.15) is 81.3 Å². The summed E-state index contributed by atoms with van der Waals surface area (Å²) in [5, 5.41) is 0. The first-order valence-electron chi connectivity index (χ1n) is 30.0. The van der Waals surface area contributed by atoms with Crippen molar-refractivity contribution < 1.29 is 79.0 Å². The van der Waals surface area contributed by atoms with Gasteiger partial charge >= 0.3 is 53.3 Å². The molecule has 504 valence electrons. The van der Waals surface area contributed by atoms with Crippen molar-refractivity contribution in [1.29, 1.82) is 0 Å². The lowest BCUT2D eigenvalue weighted by Gasteiger charge is -2.47. The fourth-order valence-electron chi connectivity index (χ4n) is 14.4. The molecule has 99 heavy (non-hydrogen) atoms. The van der Waals surface area contributed by atoms with E-state index in [-0.39, 0.29) is 41.1 Å². The highest BCUT2D eigenvalue weighted by atomic mass is 32.2. The molecule has 15 rings (SSSR count). The van der Waals surface area contributed by atoms with Crippen molar-refractivity contribution in [1.82, 2.24) is 0 Å². The Morgan fingerprint density at radius 1 is 0.303 bits per heavy atom. The van der Waals surface area contributed by atoms with E-state index in [0.29, 0.717) is 42.7 Å². The third kappa shape index (κ3) is 8.88. The van der Waals surface area contributed by atoms with Gasteiger partial charge in [0.25, 0.3) is 0 Å². The van der Waals surface area contributed by atoms with Crippen molar-refractivity contribution in [2.45, 2.75) is 114 Å². The summed E-state index contributed by atoms with van der Waals surface area (Å²) < 4.78 is 283. The number of alkyl halides is 18. The number of rotatable bonds is 5. The standard InChI is InChI=1S/C75H42F18S6/c1-37-48(57-58(68(78,79)73(88,89)67(57,76)77)49-34-54(95-38(49)2)42-16-10-7-11-17-42)31-45(94-37)25-22-39-28-40(23-26-46-32-50-59-61(71(84,85)74(90,91)69(59,80)81)52-35-55(43-18-12-8-13-19-43)98-65(52,5)63(50,3)96-46)30-41(29-39)24-27-47-33-51-60-62(72(86,87)75(92,93)70(60,82)83)53-36-56(44-20-14-9-15-21-44)99-66(53,6)64(51,4)97-47/h7-21,28-36H,1-6H3/t63-,64-,65-,66-/m0/s1. The third-order valence-electron chi connectivity index (χ3n) is 19.8. The Kier molecular flexibility index (Phi) is 14.6. The topological polar surface area (TPSA) is 0 Å². The second-order valence-electron chi connectivity index (χ2n) is 25.5. The highest BCUT2D eigenvalue weighted by molar-refractivity contribution is 8.13. The molecule has 6 heterocycles. The maximum atomic E-state index is 16.3. The predicted molar refractivity (Wildman–Crippen MR) is 358 cm³/mol. The Morgan fingerprint density at radius 3 is 0.980 bits per heavy atom. The fraction of sp³-hybridized carbons (Fsp3) is 0.253. The molecule has 0 unspecified atom stereocenters. The molecular formula is C75H42F18S6. The molecule has 0 spiro atoms. The summed E-state index contributed by atoms with van der Waals surface area (Å²) in [7, 11) is 0. The SMILES string of the molecule is Cc1sc(C#Cc2cc(C#CC3=CC4=C5C(=C6C=C(c7ccccc7)S[C@]6(C)[C@@]4(C)S3)C(F)(F)C(F)(F)C5(F)F)cc(C#CC3=CC4=C5C(=C6C=C(c7ccccc7)S[C@]6(C)[C@@]4(C)S3)C(F)(F)C(F)(F)C5(F)F)c2)cc1C1=C(c2cc(-c3ccccc3)sc2C)C(F)(F)C(F)(F)C1(F)F. The van der Waals surface area contributed by atoms with Gasteiger partial charge in [-0.25, -0.2) is 0 Å². The summed E-state index contributed by atoms with van der Waals surface area (Å²) in [6.45, 7) is 8.53. The molecular weight excluding hydrogens is 1440 g/mol. The number of hydrogen-bond acceptors (Lipinski definition) is 6. The van der Waals surface area contributed by atoms with E-state index in [1.54, 1.807) is 91.0 Å². The molecule has 4 aliphatic heterocycles. The molecule has 2 aromatic heterocycles. The minimum Gasteiger partial charge on any atom is -0.194 e. The van der Waals surface area contributed by atoms with Crippen LogP contribution in [0.2, 0.25) is 0 Å². The highest BCUT2D eigenvalue weighted by Crippen LogP contribution is 2.77. The number of aryl methyl sites for hydroxylation is 2. The number of halogens is 18. The monoisotopic (exact) mass is 1480 g/mol. The van der Waals surface area contributed by atoms with Gasteiger partial charge in [0.2, 0.25) is 0 Å². The number of thiophene rings is 2. The largest absolute Gasteiger partial charge is 0.380 e. The number of hydrogen-bond donors (Lipinski definition) is 0. The lowest BCUT2D eigenvalue weighted by molar-refractivity contribution is -0.258. The van der Waals surface area contributed by atoms with E-state index in [9.17, 15) is 0 Å². The average molecular weight is 1480 g/mol. The van der Waals surface area contributed by atoms with Crippen LogP contribution in [0.3, 0.4) is 0 Å². The van der Waals surface area contributed by atoms with E-state index < -0.39 is 139 Å². The van der Waals surface area contributed by atoms with E-state index in [1.165, 1.54) is 71.9 Å². The van der Waals surface area contributed by atoms with Crippen molar-refractivity contribution in [3.63, 3.8) is 0 Å². The molecule has 0 amide bonds. The molecule has 0 N–H and O–H groups in total. The van der Waals surface area contributed by atoms with E-state index in [1.807, 2.05) is 0 Å². The quantitative estimate of drug-likeness (QED) is 0.125. The zero-order valence-corrected chi connectivity index (χ0v) is 56.5. The lowest BCUT2D eigenvalue weighted by atomic mass is 9.71. The second kappa shape index (κ2) is 21.4. The van der Waals surface area contributed by atoms with E-state index in [4.69, 9.17) is 0 Å². The first kappa shape index (κ1) is 67.6. The van der Waals surface area contributed by atoms with Gasteiger partial charge in [0.1, 0.15) is 0 Å². The van der Waals surface area contributed by atoms with Crippen LogP contribution in [0, 0.1) is 49.4 Å². The van der Waals surface area contributed by atoms with Crippen molar-refractivity contribution >= 4 is 90.7 Å². The van der Waals surface area contributed by atoms with Crippen LogP contribution in [0.15, 0.2) is 200 Å². The Morgan fingerprint density at radius 2 is 0.606 bits per heavy atom. The first-order valence-corrected chi connectivity index (χ1v) is 34.9. The minimum absolute atomic E-state index is 0.000942. The molecule has 4 aromatic carbocycles. The zero-order chi connectivity index (χ0) is 71.0. The average Bonchev–Trinajstić information content (AvgIpc) is 1.49. The second-order valence-corrected chi connectivity index (χ2v) is 33.8. The lowest BCUT2D eigenvalue weighted by Crippen LogP contribution is -2.48. The van der Waals surface area contributed by atoms with Crippen molar-refractivity contribution in [3.8, 4) is 46.0 Å². The van der Waals surface area contributed by atoms with Crippen LogP contribution in [0.4, 0.5) is 79.0 Å². The Bertz CT molecular complexity index is 4960. The van der Waals surface area contributed by atoms with Gasteiger partial charge in [-0.2, -0.15) is 79.0 Å². The summed E-state index contributed by atoms with van der Waals surface area (Å²) in [5.74, 6) is -32.8. The molecule has 0 bridgehead atoms. The van der Waals surface area contributed by atoms with Gasteiger partial charge in [-0.05, 0) is 146 Å². The maximum Gasteiger partial charge on any atom is 0.380 e. The summed E-state index contributed by atoms with van der Waals surface area (Å²) in [4.78, 5) is 0.772. The molecule has 9 aliphatic rings. The maximum absolute atomic E-state index is 16.3. The molecule has 0 radical (unpaired) electrons. The zero-order valence-electron chi connectivity index (χ0n) is 51.6. The Hall–Kier alpha value is -7.24. The molecule has 0 saturated heterocycles. The van der Waals surface area contributed by atoms with Crippen molar-refractivity contribution in [3.05, 3.63) is 254 Å². The smallest absolute Gasteiger partial charge is 0.194 e. The third-order valence-corrected chi connectivity index (χ3v) is 28.3. The molecule has 0 nitrogen and oxygen atoms in total. The summed E-state index contributed by atoms with van der Waals surface area (Å²) >= 11 is 5.41. The van der Waals surface area contributed by atoms with E-state index in [2.05, 4.69) is 35.5 Å². The van der Waals surface area contributed by atoms with Crippen molar-refractivity contribution in [2.24, 2.45) is 0 Å². The minimum atomic E-state index is -5.90. The molecule has 5 aliphatic carbocycles. The number of fused-ring (bicyclic) bond motifs is 8. The molecule has 4 atom stereocenters. The van der Waals surface area contributed by atoms with Crippen LogP contribution < -0.4 is 0 Å². The van der Waals surface area contributed by atoms with Gasteiger partial charge in [-0.15, -0.1) is 69.7 Å². The van der Waals surface area contributed by atoms with Crippen LogP contribution in [0.5, 0.6) is 0 Å². The van der Waals surface area contributed by atoms with E-state index >= 15 is 79.0 Å². The molecule has 24 heteroatoms. The van der Waals surface area contributed by atoms with Gasteiger partial charge in [-0.3, -0.25) is 0 Å². The predicted octanol–water partition coefficient (Wildman–Crippen LogP) is 23.0. The summed E-state index contributed by atoms with van der Waals surface area (Å²) in [6, 6.07) is 31.0.